The molecule has 0 bridgehead atoms. The van der Waals surface area contributed by atoms with E-state index in [2.05, 4.69) is 16.4 Å². The van der Waals surface area contributed by atoms with Crippen molar-refractivity contribution in [3.63, 3.8) is 0 Å². The fourth-order valence-electron chi connectivity index (χ4n) is 2.82. The number of thiophene rings is 1. The highest BCUT2D eigenvalue weighted by atomic mass is 32.1. The maximum Gasteiger partial charge on any atom is 0.228 e. The molecule has 3 heterocycles. The minimum absolute atomic E-state index is 0.0825. The molecule has 0 aliphatic carbocycles. The first kappa shape index (κ1) is 16.6. The van der Waals surface area contributed by atoms with E-state index >= 15 is 0 Å². The SMILES string of the molecule is O=C(CCc1ccsc1)N1CCN(C(=O)Cc2ccccn2)CC1. The standard InChI is InChI=1S/C18H21N3O2S/c22-17(5-4-15-6-12-24-14-15)20-8-10-21(11-9-20)18(23)13-16-3-1-2-7-19-16/h1-3,6-7,12,14H,4-5,8-11,13H2. The average Bonchev–Trinajstić information content (AvgIpc) is 3.14. The van der Waals surface area contributed by atoms with Gasteiger partial charge < -0.3 is 9.80 Å². The molecule has 126 valence electrons. The first-order valence-corrected chi connectivity index (χ1v) is 9.13. The van der Waals surface area contributed by atoms with Crippen LogP contribution < -0.4 is 0 Å². The van der Waals surface area contributed by atoms with Gasteiger partial charge in [0.05, 0.1) is 6.42 Å². The van der Waals surface area contributed by atoms with Crippen molar-refractivity contribution in [2.45, 2.75) is 19.3 Å². The molecule has 0 unspecified atom stereocenters. The minimum Gasteiger partial charge on any atom is -0.339 e. The summed E-state index contributed by atoms with van der Waals surface area (Å²) in [5.41, 5.74) is 2.01. The average molecular weight is 343 g/mol. The van der Waals surface area contributed by atoms with Crippen LogP contribution in [0.25, 0.3) is 0 Å². The van der Waals surface area contributed by atoms with Gasteiger partial charge in [-0.2, -0.15) is 11.3 Å². The van der Waals surface area contributed by atoms with E-state index in [4.69, 9.17) is 0 Å². The molecule has 2 aromatic rings. The van der Waals surface area contributed by atoms with Gasteiger partial charge in [-0.05, 0) is 40.9 Å². The van der Waals surface area contributed by atoms with Crippen LogP contribution in [0.3, 0.4) is 0 Å². The van der Waals surface area contributed by atoms with Gasteiger partial charge in [0, 0.05) is 44.5 Å². The fraction of sp³-hybridized carbons (Fsp3) is 0.389. The van der Waals surface area contributed by atoms with E-state index < -0.39 is 0 Å². The molecule has 24 heavy (non-hydrogen) atoms. The predicted molar refractivity (Wildman–Crippen MR) is 93.7 cm³/mol. The zero-order valence-corrected chi connectivity index (χ0v) is 14.4. The van der Waals surface area contributed by atoms with Gasteiger partial charge in [-0.25, -0.2) is 0 Å². The molecule has 1 fully saturated rings. The number of hydrogen-bond acceptors (Lipinski definition) is 4. The number of carbonyl (C=O) groups is 2. The first-order chi connectivity index (χ1) is 11.7. The number of piperazine rings is 1. The number of hydrogen-bond donors (Lipinski definition) is 0. The van der Waals surface area contributed by atoms with Crippen LogP contribution in [-0.2, 0) is 22.4 Å². The summed E-state index contributed by atoms with van der Waals surface area (Å²) in [5.74, 6) is 0.261. The van der Waals surface area contributed by atoms with Crippen LogP contribution in [0.4, 0.5) is 0 Å². The maximum atomic E-state index is 12.3. The highest BCUT2D eigenvalue weighted by Gasteiger charge is 2.24. The van der Waals surface area contributed by atoms with E-state index in [1.807, 2.05) is 33.4 Å². The van der Waals surface area contributed by atoms with E-state index in [1.165, 1.54) is 5.56 Å². The molecule has 3 rings (SSSR count). The molecule has 1 aliphatic heterocycles. The zero-order chi connectivity index (χ0) is 16.8. The van der Waals surface area contributed by atoms with Crippen LogP contribution in [0.1, 0.15) is 17.7 Å². The van der Waals surface area contributed by atoms with Gasteiger partial charge in [0.15, 0.2) is 0 Å². The van der Waals surface area contributed by atoms with Crippen LogP contribution in [0.15, 0.2) is 41.2 Å². The number of carbonyl (C=O) groups excluding carboxylic acids is 2. The van der Waals surface area contributed by atoms with Crippen molar-refractivity contribution in [2.24, 2.45) is 0 Å². The highest BCUT2D eigenvalue weighted by molar-refractivity contribution is 7.07. The van der Waals surface area contributed by atoms with Crippen molar-refractivity contribution in [1.29, 1.82) is 0 Å². The zero-order valence-electron chi connectivity index (χ0n) is 13.6. The van der Waals surface area contributed by atoms with E-state index in [0.29, 0.717) is 39.0 Å². The van der Waals surface area contributed by atoms with Crippen LogP contribution >= 0.6 is 11.3 Å². The normalized spacial score (nSPS) is 14.7. The van der Waals surface area contributed by atoms with Crippen LogP contribution in [0.5, 0.6) is 0 Å². The number of aryl methyl sites for hydroxylation is 1. The summed E-state index contributed by atoms with van der Waals surface area (Å²) in [6, 6.07) is 7.66. The van der Waals surface area contributed by atoms with Crippen molar-refractivity contribution in [3.05, 3.63) is 52.5 Å². The Hall–Kier alpha value is -2.21. The smallest absolute Gasteiger partial charge is 0.228 e. The van der Waals surface area contributed by atoms with Crippen LogP contribution in [0, 0.1) is 0 Å². The molecule has 1 saturated heterocycles. The second kappa shape index (κ2) is 8.06. The fourth-order valence-corrected chi connectivity index (χ4v) is 3.52. The number of pyridine rings is 1. The summed E-state index contributed by atoms with van der Waals surface area (Å²) in [5, 5.41) is 4.12. The Morgan fingerprint density at radius 2 is 1.79 bits per heavy atom. The lowest BCUT2D eigenvalue weighted by atomic mass is 10.1. The second-order valence-corrected chi connectivity index (χ2v) is 6.67. The lowest BCUT2D eigenvalue weighted by Crippen LogP contribution is -2.51. The molecular weight excluding hydrogens is 322 g/mol. The molecule has 0 N–H and O–H groups in total. The summed E-state index contributed by atoms with van der Waals surface area (Å²) >= 11 is 1.66. The first-order valence-electron chi connectivity index (χ1n) is 8.19. The van der Waals surface area contributed by atoms with E-state index in [9.17, 15) is 9.59 Å². The Kier molecular flexibility index (Phi) is 5.59. The van der Waals surface area contributed by atoms with Crippen LogP contribution in [-0.4, -0.2) is 52.8 Å². The Balaban J connectivity index is 1.43. The number of rotatable bonds is 5. The lowest BCUT2D eigenvalue weighted by molar-refractivity contribution is -0.139. The molecule has 1 aliphatic rings. The molecule has 0 aromatic carbocycles. The third-order valence-electron chi connectivity index (χ3n) is 4.25. The third-order valence-corrected chi connectivity index (χ3v) is 4.98. The number of nitrogens with zero attached hydrogens (tertiary/aromatic N) is 3. The van der Waals surface area contributed by atoms with Gasteiger partial charge in [-0.3, -0.25) is 14.6 Å². The largest absolute Gasteiger partial charge is 0.339 e. The Bertz CT molecular complexity index is 665. The second-order valence-electron chi connectivity index (χ2n) is 5.89. The summed E-state index contributed by atoms with van der Waals surface area (Å²) in [7, 11) is 0. The van der Waals surface area contributed by atoms with Crippen molar-refractivity contribution >= 4 is 23.2 Å². The monoisotopic (exact) mass is 343 g/mol. The van der Waals surface area contributed by atoms with Crippen molar-refractivity contribution < 1.29 is 9.59 Å². The van der Waals surface area contributed by atoms with E-state index in [1.54, 1.807) is 17.5 Å². The van der Waals surface area contributed by atoms with Gasteiger partial charge in [-0.1, -0.05) is 6.07 Å². The van der Waals surface area contributed by atoms with Crippen molar-refractivity contribution in [1.82, 2.24) is 14.8 Å². The minimum atomic E-state index is 0.0825. The van der Waals surface area contributed by atoms with Gasteiger partial charge in [-0.15, -0.1) is 0 Å². The van der Waals surface area contributed by atoms with E-state index in [-0.39, 0.29) is 11.8 Å². The molecule has 0 spiro atoms. The lowest BCUT2D eigenvalue weighted by Gasteiger charge is -2.35. The molecule has 0 atom stereocenters. The number of amides is 2. The van der Waals surface area contributed by atoms with Crippen molar-refractivity contribution in [3.8, 4) is 0 Å². The Morgan fingerprint density at radius 1 is 1.04 bits per heavy atom. The molecule has 5 nitrogen and oxygen atoms in total. The van der Waals surface area contributed by atoms with E-state index in [0.717, 1.165) is 12.1 Å². The van der Waals surface area contributed by atoms with Crippen LogP contribution in [0.2, 0.25) is 0 Å². The quantitative estimate of drug-likeness (QED) is 0.834. The molecule has 0 radical (unpaired) electrons. The molecular formula is C18H21N3O2S. The van der Waals surface area contributed by atoms with Gasteiger partial charge in [0.2, 0.25) is 11.8 Å². The van der Waals surface area contributed by atoms with Crippen molar-refractivity contribution in [2.75, 3.05) is 26.2 Å². The number of aromatic nitrogens is 1. The maximum absolute atomic E-state index is 12.3. The summed E-state index contributed by atoms with van der Waals surface area (Å²) in [6.07, 6.45) is 3.36. The predicted octanol–water partition coefficient (Wildman–Crippen LogP) is 1.99. The van der Waals surface area contributed by atoms with Gasteiger partial charge in [0.25, 0.3) is 0 Å². The summed E-state index contributed by atoms with van der Waals surface area (Å²) < 4.78 is 0. The molecule has 0 saturated carbocycles. The summed E-state index contributed by atoms with van der Waals surface area (Å²) in [6.45, 7) is 2.46. The molecule has 6 heteroatoms. The molecule has 2 aromatic heterocycles. The highest BCUT2D eigenvalue weighted by Crippen LogP contribution is 2.11. The topological polar surface area (TPSA) is 53.5 Å². The Labute approximate surface area is 145 Å². The van der Waals surface area contributed by atoms with Gasteiger partial charge >= 0.3 is 0 Å². The molecule has 2 amide bonds. The van der Waals surface area contributed by atoms with Gasteiger partial charge in [0.1, 0.15) is 0 Å². The Morgan fingerprint density at radius 3 is 2.42 bits per heavy atom. The third kappa shape index (κ3) is 4.41. The summed E-state index contributed by atoms with van der Waals surface area (Å²) in [4.78, 5) is 32.5.